The molecule has 4 nitrogen and oxygen atoms in total. The predicted octanol–water partition coefficient (Wildman–Crippen LogP) is 4.61. The molecule has 0 aromatic heterocycles. The van der Waals surface area contributed by atoms with Gasteiger partial charge in [-0.05, 0) is 60.2 Å². The number of allylic oxidation sites excluding steroid dienone is 2. The third-order valence-corrected chi connectivity index (χ3v) is 5.23. The molecule has 10 heteroatoms. The summed E-state index contributed by atoms with van der Waals surface area (Å²) in [6, 6.07) is 6.36. The zero-order valence-corrected chi connectivity index (χ0v) is 15.0. The SMILES string of the molecule is NS(=O)(=O)c1cc(F)c(C2=C(c3ccc(OC(F)(F)F)cc3)CCC2)cc1F. The third kappa shape index (κ3) is 4.33. The molecular formula is C18H14F5NO3S. The van der Waals surface area contributed by atoms with Crippen molar-refractivity contribution in [2.75, 3.05) is 0 Å². The van der Waals surface area contributed by atoms with Crippen molar-refractivity contribution in [3.05, 3.63) is 59.2 Å². The highest BCUT2D eigenvalue weighted by molar-refractivity contribution is 7.89. The van der Waals surface area contributed by atoms with E-state index in [1.807, 2.05) is 0 Å². The van der Waals surface area contributed by atoms with E-state index in [2.05, 4.69) is 4.74 Å². The van der Waals surface area contributed by atoms with Gasteiger partial charge in [-0.3, -0.25) is 0 Å². The molecule has 0 atom stereocenters. The topological polar surface area (TPSA) is 69.4 Å². The van der Waals surface area contributed by atoms with Gasteiger partial charge in [-0.1, -0.05) is 12.1 Å². The van der Waals surface area contributed by atoms with Crippen molar-refractivity contribution in [2.24, 2.45) is 5.14 Å². The van der Waals surface area contributed by atoms with E-state index >= 15 is 0 Å². The second kappa shape index (κ2) is 7.17. The van der Waals surface area contributed by atoms with Gasteiger partial charge in [-0.25, -0.2) is 22.3 Å². The number of halogens is 5. The van der Waals surface area contributed by atoms with Crippen LogP contribution in [0.4, 0.5) is 22.0 Å². The highest BCUT2D eigenvalue weighted by Gasteiger charge is 2.31. The van der Waals surface area contributed by atoms with Gasteiger partial charge >= 0.3 is 6.36 Å². The van der Waals surface area contributed by atoms with Gasteiger partial charge in [0.1, 0.15) is 22.3 Å². The molecule has 0 fully saturated rings. The van der Waals surface area contributed by atoms with Crippen molar-refractivity contribution < 1.29 is 35.1 Å². The second-order valence-electron chi connectivity index (χ2n) is 6.19. The molecule has 0 saturated carbocycles. The summed E-state index contributed by atoms with van der Waals surface area (Å²) >= 11 is 0. The van der Waals surface area contributed by atoms with Crippen molar-refractivity contribution in [1.82, 2.24) is 0 Å². The lowest BCUT2D eigenvalue weighted by Crippen LogP contribution is -2.17. The van der Waals surface area contributed by atoms with Crippen molar-refractivity contribution in [2.45, 2.75) is 30.5 Å². The van der Waals surface area contributed by atoms with Gasteiger partial charge in [-0.15, -0.1) is 13.2 Å². The Balaban J connectivity index is 2.02. The Morgan fingerprint density at radius 3 is 2.11 bits per heavy atom. The van der Waals surface area contributed by atoms with Crippen LogP contribution in [0, 0.1) is 11.6 Å². The Kier molecular flexibility index (Phi) is 5.20. The van der Waals surface area contributed by atoms with Gasteiger partial charge < -0.3 is 4.74 Å². The number of primary sulfonamides is 1. The highest BCUT2D eigenvalue weighted by atomic mass is 32.2. The number of benzene rings is 2. The van der Waals surface area contributed by atoms with Gasteiger partial charge in [0.15, 0.2) is 0 Å². The zero-order chi connectivity index (χ0) is 20.7. The molecule has 2 N–H and O–H groups in total. The first-order chi connectivity index (χ1) is 13.0. The Morgan fingerprint density at radius 2 is 1.54 bits per heavy atom. The molecule has 150 valence electrons. The maximum Gasteiger partial charge on any atom is 0.573 e. The van der Waals surface area contributed by atoms with Crippen LogP contribution in [0.3, 0.4) is 0 Å². The quantitative estimate of drug-likeness (QED) is 0.736. The molecule has 2 aromatic rings. The molecule has 0 unspecified atom stereocenters. The molecule has 1 aliphatic carbocycles. The van der Waals surface area contributed by atoms with E-state index in [0.717, 1.165) is 18.2 Å². The largest absolute Gasteiger partial charge is 0.573 e. The number of alkyl halides is 3. The van der Waals surface area contributed by atoms with Crippen molar-refractivity contribution in [3.63, 3.8) is 0 Å². The number of ether oxygens (including phenoxy) is 1. The molecule has 2 aromatic carbocycles. The predicted molar refractivity (Wildman–Crippen MR) is 91.5 cm³/mol. The van der Waals surface area contributed by atoms with Crippen molar-refractivity contribution in [1.29, 1.82) is 0 Å². The number of hydrogen-bond acceptors (Lipinski definition) is 3. The molecule has 0 aliphatic heterocycles. The van der Waals surface area contributed by atoms with Gasteiger partial charge in [0.2, 0.25) is 10.0 Å². The molecule has 0 saturated heterocycles. The van der Waals surface area contributed by atoms with E-state index in [0.29, 0.717) is 42.0 Å². The smallest absolute Gasteiger partial charge is 0.406 e. The number of sulfonamides is 1. The number of nitrogens with two attached hydrogens (primary N) is 1. The van der Waals surface area contributed by atoms with Gasteiger partial charge in [0.25, 0.3) is 0 Å². The average molecular weight is 419 g/mol. The standard InChI is InChI=1S/C18H14F5NO3S/c19-15-9-17(28(24,25)26)16(20)8-14(15)13-3-1-2-12(13)10-4-6-11(7-5-10)27-18(21,22)23/h4-9H,1-3H2,(H2,24,25,26). The summed E-state index contributed by atoms with van der Waals surface area (Å²) in [6.45, 7) is 0. The summed E-state index contributed by atoms with van der Waals surface area (Å²) in [6.07, 6.45) is -3.28. The molecule has 0 spiro atoms. The third-order valence-electron chi connectivity index (χ3n) is 4.31. The van der Waals surface area contributed by atoms with Crippen molar-refractivity contribution >= 4 is 21.2 Å². The molecule has 0 heterocycles. The first kappa shape index (κ1) is 20.3. The number of rotatable bonds is 4. The number of hydrogen-bond donors (Lipinski definition) is 1. The zero-order valence-electron chi connectivity index (χ0n) is 14.2. The summed E-state index contributed by atoms with van der Waals surface area (Å²) in [5.41, 5.74) is 1.53. The Morgan fingerprint density at radius 1 is 0.929 bits per heavy atom. The molecule has 28 heavy (non-hydrogen) atoms. The lowest BCUT2D eigenvalue weighted by molar-refractivity contribution is -0.274. The van der Waals surface area contributed by atoms with Crippen LogP contribution in [0.25, 0.3) is 11.1 Å². The second-order valence-corrected chi connectivity index (χ2v) is 7.72. The normalized spacial score (nSPS) is 15.2. The van der Waals surface area contributed by atoms with Gasteiger partial charge in [0, 0.05) is 5.56 Å². The summed E-state index contributed by atoms with van der Waals surface area (Å²) in [4.78, 5) is -0.942. The van der Waals surface area contributed by atoms with Gasteiger partial charge in [0.05, 0.1) is 0 Å². The first-order valence-corrected chi connectivity index (χ1v) is 9.61. The van der Waals surface area contributed by atoms with Crippen LogP contribution in [0.2, 0.25) is 0 Å². The monoisotopic (exact) mass is 419 g/mol. The fourth-order valence-electron chi connectivity index (χ4n) is 3.20. The van der Waals surface area contributed by atoms with Crippen LogP contribution < -0.4 is 9.88 Å². The van der Waals surface area contributed by atoms with Gasteiger partial charge in [-0.2, -0.15) is 0 Å². The Hall–Kier alpha value is -2.46. The first-order valence-electron chi connectivity index (χ1n) is 8.06. The molecule has 3 rings (SSSR count). The summed E-state index contributed by atoms with van der Waals surface area (Å²) in [5.74, 6) is -2.52. The van der Waals surface area contributed by atoms with Crippen LogP contribution in [-0.2, 0) is 10.0 Å². The van der Waals surface area contributed by atoms with E-state index in [1.54, 1.807) is 0 Å². The summed E-state index contributed by atoms with van der Waals surface area (Å²) < 4.78 is 91.9. The van der Waals surface area contributed by atoms with Crippen LogP contribution in [0.15, 0.2) is 41.3 Å². The molecule has 0 bridgehead atoms. The summed E-state index contributed by atoms with van der Waals surface area (Å²) in [5, 5.41) is 4.87. The minimum Gasteiger partial charge on any atom is -0.406 e. The van der Waals surface area contributed by atoms with E-state index in [4.69, 9.17) is 5.14 Å². The van der Waals surface area contributed by atoms with Crippen molar-refractivity contribution in [3.8, 4) is 5.75 Å². The minimum absolute atomic E-state index is 0.104. The van der Waals surface area contributed by atoms with E-state index in [9.17, 15) is 30.4 Å². The van der Waals surface area contributed by atoms with Crippen LogP contribution >= 0.6 is 0 Å². The maximum absolute atomic E-state index is 14.5. The Bertz CT molecular complexity index is 1040. The van der Waals surface area contributed by atoms with E-state index in [-0.39, 0.29) is 5.56 Å². The minimum atomic E-state index is -4.81. The fraction of sp³-hybridized carbons (Fsp3) is 0.222. The molecular weight excluding hydrogens is 405 g/mol. The lowest BCUT2D eigenvalue weighted by atomic mass is 9.96. The fourth-order valence-corrected chi connectivity index (χ4v) is 3.79. The maximum atomic E-state index is 14.5. The van der Waals surface area contributed by atoms with Crippen LogP contribution in [-0.4, -0.2) is 14.8 Å². The van der Waals surface area contributed by atoms with Crippen LogP contribution in [0.1, 0.15) is 30.4 Å². The van der Waals surface area contributed by atoms with Crippen LogP contribution in [0.5, 0.6) is 5.75 Å². The summed E-state index contributed by atoms with van der Waals surface area (Å²) in [7, 11) is -4.42. The highest BCUT2D eigenvalue weighted by Crippen LogP contribution is 2.41. The van der Waals surface area contributed by atoms with E-state index < -0.39 is 38.7 Å². The molecule has 0 amide bonds. The Labute approximate surface area is 157 Å². The lowest BCUT2D eigenvalue weighted by Gasteiger charge is -2.12. The van der Waals surface area contributed by atoms with E-state index in [1.165, 1.54) is 12.1 Å². The average Bonchev–Trinajstić information content (AvgIpc) is 3.04. The molecule has 1 aliphatic rings. The molecule has 0 radical (unpaired) electrons.